The summed E-state index contributed by atoms with van der Waals surface area (Å²) in [6, 6.07) is 0.510. The fourth-order valence-electron chi connectivity index (χ4n) is 4.14. The van der Waals surface area contributed by atoms with Gasteiger partial charge in [0.25, 0.3) is 5.56 Å². The number of H-pyrrole nitrogens is 1. The number of carbonyl (C=O) groups is 1. The molecule has 188 valence electrons. The third-order valence-electron chi connectivity index (χ3n) is 6.19. The molecular weight excluding hydrogens is 474 g/mol. The number of halogens is 4. The van der Waals surface area contributed by atoms with Gasteiger partial charge in [-0.15, -0.1) is 0 Å². The second-order valence-corrected chi connectivity index (χ2v) is 8.47. The number of nitrogens with zero attached hydrogens (tertiary/aromatic N) is 5. The number of alkyl halides is 4. The van der Waals surface area contributed by atoms with Crippen molar-refractivity contribution >= 4 is 28.6 Å². The zero-order valence-corrected chi connectivity index (χ0v) is 19.1. The first-order chi connectivity index (χ1) is 16.4. The monoisotopic (exact) mass is 497 g/mol. The maximum Gasteiger partial charge on any atom is 0.417 e. The SMILES string of the molecule is CN(C(=O)Nc1cc(C(F)(F)F)cn(C)c1=O)[C@H]1CCN(c2cnc3[nH]c(=O)n(C)c3c2)C[C@@H]1F. The molecule has 14 heteroatoms. The highest BCUT2D eigenvalue weighted by atomic mass is 19.4. The zero-order chi connectivity index (χ0) is 25.7. The molecule has 0 aliphatic carbocycles. The van der Waals surface area contributed by atoms with Crippen LogP contribution in [0, 0.1) is 0 Å². The van der Waals surface area contributed by atoms with Gasteiger partial charge in [0.05, 0.1) is 35.6 Å². The number of fused-ring (bicyclic) bond motifs is 1. The van der Waals surface area contributed by atoms with E-state index in [1.807, 2.05) is 0 Å². The lowest BCUT2D eigenvalue weighted by molar-refractivity contribution is -0.138. The summed E-state index contributed by atoms with van der Waals surface area (Å²) in [5.74, 6) is 0. The van der Waals surface area contributed by atoms with Gasteiger partial charge in [-0.2, -0.15) is 13.2 Å². The Kier molecular flexibility index (Phi) is 6.07. The molecular formula is C21H23F4N7O3. The van der Waals surface area contributed by atoms with E-state index in [2.05, 4.69) is 15.3 Å². The van der Waals surface area contributed by atoms with Crippen LogP contribution in [-0.2, 0) is 20.3 Å². The van der Waals surface area contributed by atoms with Crippen molar-refractivity contribution in [3.63, 3.8) is 0 Å². The van der Waals surface area contributed by atoms with Crippen LogP contribution in [0.15, 0.2) is 34.1 Å². The minimum absolute atomic E-state index is 0.0703. The maximum atomic E-state index is 15.1. The molecule has 0 spiro atoms. The fourth-order valence-corrected chi connectivity index (χ4v) is 4.14. The third kappa shape index (κ3) is 4.59. The fraction of sp³-hybridized carbons (Fsp3) is 0.429. The van der Waals surface area contributed by atoms with Crippen LogP contribution in [-0.4, -0.2) is 62.4 Å². The van der Waals surface area contributed by atoms with E-state index in [-0.39, 0.29) is 18.7 Å². The standard InChI is InChI=1S/C21H23F4N7O3/c1-29-9-11(21(23,24)25)6-14(18(29)33)27-19(34)30(2)15-4-5-32(10-13(15)22)12-7-16-17(26-8-12)28-20(35)31(16)3/h6-9,13,15H,4-5,10H2,1-3H3,(H,27,34)(H,26,28,35)/t13-,15-/m0/s1. The Labute approximate surface area is 195 Å². The van der Waals surface area contributed by atoms with E-state index < -0.39 is 41.2 Å². The molecule has 2 amide bonds. The van der Waals surface area contributed by atoms with Gasteiger partial charge < -0.3 is 19.7 Å². The van der Waals surface area contributed by atoms with Gasteiger partial charge in [-0.05, 0) is 18.6 Å². The molecule has 0 aromatic carbocycles. The predicted molar refractivity (Wildman–Crippen MR) is 120 cm³/mol. The summed E-state index contributed by atoms with van der Waals surface area (Å²) in [5, 5.41) is 2.18. The average molecular weight is 497 g/mol. The molecule has 0 bridgehead atoms. The lowest BCUT2D eigenvalue weighted by Gasteiger charge is -2.39. The first kappa shape index (κ1) is 24.3. The second kappa shape index (κ2) is 8.74. The summed E-state index contributed by atoms with van der Waals surface area (Å²) in [6.45, 7) is 0.290. The second-order valence-electron chi connectivity index (χ2n) is 8.47. The molecule has 1 fully saturated rings. The van der Waals surface area contributed by atoms with Crippen molar-refractivity contribution in [2.24, 2.45) is 14.1 Å². The summed E-state index contributed by atoms with van der Waals surface area (Å²) in [5.41, 5.74) is -1.23. The Hall–Kier alpha value is -3.84. The minimum Gasteiger partial charge on any atom is -0.367 e. The lowest BCUT2D eigenvalue weighted by atomic mass is 10.0. The van der Waals surface area contributed by atoms with E-state index in [1.54, 1.807) is 18.0 Å². The van der Waals surface area contributed by atoms with Crippen LogP contribution in [0.1, 0.15) is 12.0 Å². The predicted octanol–water partition coefficient (Wildman–Crippen LogP) is 2.06. The van der Waals surface area contributed by atoms with Gasteiger partial charge in [-0.25, -0.2) is 19.0 Å². The number of anilines is 2. The Morgan fingerprint density at radius 3 is 2.63 bits per heavy atom. The molecule has 2 atom stereocenters. The minimum atomic E-state index is -4.71. The van der Waals surface area contributed by atoms with Gasteiger partial charge in [-0.1, -0.05) is 0 Å². The number of pyridine rings is 2. The number of urea groups is 1. The van der Waals surface area contributed by atoms with Crippen LogP contribution in [0.4, 0.5) is 33.7 Å². The molecule has 4 heterocycles. The van der Waals surface area contributed by atoms with E-state index in [0.717, 1.165) is 16.5 Å². The molecule has 1 aliphatic rings. The Morgan fingerprint density at radius 1 is 1.26 bits per heavy atom. The molecule has 1 aliphatic heterocycles. The molecule has 10 nitrogen and oxygen atoms in total. The zero-order valence-electron chi connectivity index (χ0n) is 19.1. The first-order valence-corrected chi connectivity index (χ1v) is 10.6. The van der Waals surface area contributed by atoms with Crippen LogP contribution in [0.2, 0.25) is 0 Å². The Bertz CT molecular complexity index is 1390. The van der Waals surface area contributed by atoms with Crippen LogP contribution in [0.25, 0.3) is 11.2 Å². The van der Waals surface area contributed by atoms with E-state index in [9.17, 15) is 27.6 Å². The van der Waals surface area contributed by atoms with E-state index in [1.165, 1.54) is 17.8 Å². The number of carbonyl (C=O) groups excluding carboxylic acids is 1. The van der Waals surface area contributed by atoms with Crippen molar-refractivity contribution in [2.75, 3.05) is 30.4 Å². The van der Waals surface area contributed by atoms with Crippen molar-refractivity contribution in [2.45, 2.75) is 24.8 Å². The van der Waals surface area contributed by atoms with Crippen LogP contribution < -0.4 is 21.5 Å². The first-order valence-electron chi connectivity index (χ1n) is 10.6. The molecule has 3 aromatic heterocycles. The molecule has 0 unspecified atom stereocenters. The summed E-state index contributed by atoms with van der Waals surface area (Å²) in [7, 11) is 4.05. The van der Waals surface area contributed by atoms with Crippen molar-refractivity contribution in [3.05, 3.63) is 50.9 Å². The topological polar surface area (TPSA) is 108 Å². The van der Waals surface area contributed by atoms with E-state index >= 15 is 4.39 Å². The number of aromatic nitrogens is 4. The van der Waals surface area contributed by atoms with E-state index in [4.69, 9.17) is 0 Å². The number of piperidine rings is 1. The van der Waals surface area contributed by atoms with Gasteiger partial charge in [0, 0.05) is 33.9 Å². The lowest BCUT2D eigenvalue weighted by Crippen LogP contribution is -2.54. The summed E-state index contributed by atoms with van der Waals surface area (Å²) < 4.78 is 56.5. The summed E-state index contributed by atoms with van der Waals surface area (Å²) >= 11 is 0. The molecule has 4 rings (SSSR count). The van der Waals surface area contributed by atoms with Gasteiger partial charge in [0.15, 0.2) is 5.65 Å². The maximum absolute atomic E-state index is 15.1. The normalized spacial score (nSPS) is 18.7. The highest BCUT2D eigenvalue weighted by Crippen LogP contribution is 2.30. The van der Waals surface area contributed by atoms with Gasteiger partial charge in [-0.3, -0.25) is 14.3 Å². The molecule has 0 saturated carbocycles. The number of imidazole rings is 1. The number of nitrogens with one attached hydrogen (secondary N) is 2. The van der Waals surface area contributed by atoms with Crippen LogP contribution >= 0.6 is 0 Å². The summed E-state index contributed by atoms with van der Waals surface area (Å²) in [4.78, 5) is 46.3. The van der Waals surface area contributed by atoms with Gasteiger partial charge in [0.2, 0.25) is 0 Å². The van der Waals surface area contributed by atoms with Gasteiger partial charge >= 0.3 is 17.9 Å². The molecule has 2 N–H and O–H groups in total. The Balaban J connectivity index is 1.47. The highest BCUT2D eigenvalue weighted by Gasteiger charge is 2.36. The summed E-state index contributed by atoms with van der Waals surface area (Å²) in [6.07, 6.45) is -3.83. The van der Waals surface area contributed by atoms with Gasteiger partial charge in [0.1, 0.15) is 11.9 Å². The number of aryl methyl sites for hydroxylation is 2. The number of hydrogen-bond acceptors (Lipinski definition) is 5. The molecule has 0 radical (unpaired) electrons. The number of aromatic amines is 1. The van der Waals surface area contributed by atoms with Crippen molar-refractivity contribution in [3.8, 4) is 0 Å². The highest BCUT2D eigenvalue weighted by molar-refractivity contribution is 5.89. The molecule has 3 aromatic rings. The van der Waals surface area contributed by atoms with Crippen LogP contribution in [0.5, 0.6) is 0 Å². The van der Waals surface area contributed by atoms with Crippen molar-refractivity contribution in [1.29, 1.82) is 0 Å². The molecule has 1 saturated heterocycles. The molecule has 35 heavy (non-hydrogen) atoms. The Morgan fingerprint density at radius 2 is 1.97 bits per heavy atom. The van der Waals surface area contributed by atoms with Crippen LogP contribution in [0.3, 0.4) is 0 Å². The van der Waals surface area contributed by atoms with Crippen molar-refractivity contribution < 1.29 is 22.4 Å². The van der Waals surface area contributed by atoms with E-state index in [0.29, 0.717) is 35.7 Å². The third-order valence-corrected chi connectivity index (χ3v) is 6.19. The number of amides is 2. The number of hydrogen-bond donors (Lipinski definition) is 2. The average Bonchev–Trinajstić information content (AvgIpc) is 3.08. The smallest absolute Gasteiger partial charge is 0.367 e. The largest absolute Gasteiger partial charge is 0.417 e. The van der Waals surface area contributed by atoms with Crippen molar-refractivity contribution in [1.82, 2.24) is 24.0 Å². The quantitative estimate of drug-likeness (QED) is 0.539. The number of rotatable bonds is 3.